The van der Waals surface area contributed by atoms with E-state index in [1.165, 1.54) is 14.2 Å². The summed E-state index contributed by atoms with van der Waals surface area (Å²) >= 11 is 0. The van der Waals surface area contributed by atoms with Gasteiger partial charge in [-0.25, -0.2) is 13.1 Å². The van der Waals surface area contributed by atoms with Gasteiger partial charge in [-0.3, -0.25) is 0 Å². The van der Waals surface area contributed by atoms with Crippen molar-refractivity contribution >= 4 is 9.84 Å². The molecular weight excluding hydrogens is 208 g/mol. The first kappa shape index (κ1) is 11.1. The molecule has 1 heterocycles. The minimum atomic E-state index is -3.46. The smallest absolute Gasteiger partial charge is 0.267 e. The second-order valence-electron chi connectivity index (χ2n) is 2.91. The molecule has 0 radical (unpaired) electrons. The summed E-state index contributed by atoms with van der Waals surface area (Å²) in [5.41, 5.74) is 0. The number of methoxy groups -OCH3 is 1. The van der Waals surface area contributed by atoms with Crippen molar-refractivity contribution in [1.29, 1.82) is 0 Å². The minimum absolute atomic E-state index is 0.127. The fraction of sp³-hybridized carbons (Fsp3) is 0.833. The van der Waals surface area contributed by atoms with Crippen molar-refractivity contribution in [2.45, 2.75) is 18.2 Å². The SMILES string of the molecule is COC(C)CS(=O)(=O)c1nnnn1C. The van der Waals surface area contributed by atoms with Crippen LogP contribution in [0.1, 0.15) is 6.92 Å². The summed E-state index contributed by atoms with van der Waals surface area (Å²) in [5.74, 6) is -0.127. The lowest BCUT2D eigenvalue weighted by atomic mass is 10.5. The van der Waals surface area contributed by atoms with Crippen LogP contribution in [0, 0.1) is 0 Å². The van der Waals surface area contributed by atoms with Crippen LogP contribution in [-0.4, -0.2) is 47.6 Å². The number of aromatic nitrogens is 4. The van der Waals surface area contributed by atoms with Gasteiger partial charge in [0.25, 0.3) is 5.16 Å². The molecule has 1 aromatic rings. The first-order valence-corrected chi connectivity index (χ1v) is 5.60. The van der Waals surface area contributed by atoms with Gasteiger partial charge in [0.1, 0.15) is 0 Å². The van der Waals surface area contributed by atoms with Crippen molar-refractivity contribution in [3.63, 3.8) is 0 Å². The molecule has 1 rings (SSSR count). The van der Waals surface area contributed by atoms with Gasteiger partial charge in [-0.1, -0.05) is 5.10 Å². The van der Waals surface area contributed by atoms with Crippen LogP contribution in [0.5, 0.6) is 0 Å². The van der Waals surface area contributed by atoms with E-state index in [0.717, 1.165) is 4.68 Å². The average molecular weight is 220 g/mol. The fourth-order valence-corrected chi connectivity index (χ4v) is 2.44. The quantitative estimate of drug-likeness (QED) is 0.648. The molecule has 8 heteroatoms. The molecule has 7 nitrogen and oxygen atoms in total. The highest BCUT2D eigenvalue weighted by atomic mass is 32.2. The molecule has 14 heavy (non-hydrogen) atoms. The second-order valence-corrected chi connectivity index (χ2v) is 4.84. The molecule has 0 saturated heterocycles. The van der Waals surface area contributed by atoms with E-state index in [2.05, 4.69) is 15.5 Å². The van der Waals surface area contributed by atoms with Gasteiger partial charge >= 0.3 is 0 Å². The van der Waals surface area contributed by atoms with Crippen LogP contribution in [0.25, 0.3) is 0 Å². The lowest BCUT2D eigenvalue weighted by molar-refractivity contribution is 0.136. The van der Waals surface area contributed by atoms with Crippen LogP contribution in [0.4, 0.5) is 0 Å². The van der Waals surface area contributed by atoms with Crippen molar-refractivity contribution in [2.75, 3.05) is 12.9 Å². The van der Waals surface area contributed by atoms with E-state index in [1.807, 2.05) is 0 Å². The zero-order valence-corrected chi connectivity index (χ0v) is 9.02. The molecule has 0 fully saturated rings. The number of hydrogen-bond acceptors (Lipinski definition) is 6. The van der Waals surface area contributed by atoms with Gasteiger partial charge in [0.2, 0.25) is 9.84 Å². The van der Waals surface area contributed by atoms with Crippen LogP contribution in [0.2, 0.25) is 0 Å². The summed E-state index contributed by atoms with van der Waals surface area (Å²) in [5, 5.41) is 10.0. The van der Waals surface area contributed by atoms with Crippen molar-refractivity contribution in [2.24, 2.45) is 7.05 Å². The van der Waals surface area contributed by atoms with Crippen LogP contribution in [-0.2, 0) is 21.6 Å². The minimum Gasteiger partial charge on any atom is -0.381 e. The molecule has 1 unspecified atom stereocenters. The van der Waals surface area contributed by atoms with Gasteiger partial charge in [0, 0.05) is 14.2 Å². The molecule has 1 aromatic heterocycles. The molecule has 0 bridgehead atoms. The van der Waals surface area contributed by atoms with E-state index in [-0.39, 0.29) is 17.0 Å². The van der Waals surface area contributed by atoms with Gasteiger partial charge < -0.3 is 4.74 Å². The number of sulfone groups is 1. The van der Waals surface area contributed by atoms with Crippen LogP contribution >= 0.6 is 0 Å². The van der Waals surface area contributed by atoms with Gasteiger partial charge in [0.15, 0.2) is 0 Å². The summed E-state index contributed by atoms with van der Waals surface area (Å²) in [7, 11) is -0.527. The topological polar surface area (TPSA) is 87.0 Å². The highest BCUT2D eigenvalue weighted by molar-refractivity contribution is 7.91. The maximum atomic E-state index is 11.6. The van der Waals surface area contributed by atoms with Gasteiger partial charge in [-0.05, 0) is 17.4 Å². The van der Waals surface area contributed by atoms with Gasteiger partial charge in [0.05, 0.1) is 11.9 Å². The standard InChI is InChI=1S/C6H12N4O3S/c1-5(13-3)4-14(11,12)6-7-8-9-10(6)2/h5H,4H2,1-3H3. The van der Waals surface area contributed by atoms with Gasteiger partial charge in [-0.2, -0.15) is 0 Å². The largest absolute Gasteiger partial charge is 0.381 e. The lowest BCUT2D eigenvalue weighted by Crippen LogP contribution is -2.22. The first-order chi connectivity index (χ1) is 6.47. The molecule has 0 spiro atoms. The van der Waals surface area contributed by atoms with Crippen molar-refractivity contribution in [3.05, 3.63) is 0 Å². The number of tetrazole rings is 1. The molecule has 0 N–H and O–H groups in total. The summed E-state index contributed by atoms with van der Waals surface area (Å²) in [6.45, 7) is 1.67. The van der Waals surface area contributed by atoms with E-state index >= 15 is 0 Å². The third kappa shape index (κ3) is 2.26. The molecule has 0 saturated carbocycles. The molecule has 0 aliphatic rings. The van der Waals surface area contributed by atoms with Crippen LogP contribution in [0.3, 0.4) is 0 Å². The number of nitrogens with zero attached hydrogens (tertiary/aromatic N) is 4. The molecule has 1 atom stereocenters. The lowest BCUT2D eigenvalue weighted by Gasteiger charge is -2.08. The van der Waals surface area contributed by atoms with E-state index in [1.54, 1.807) is 6.92 Å². The third-order valence-corrected chi connectivity index (χ3v) is 3.53. The molecule has 0 aliphatic carbocycles. The highest BCUT2D eigenvalue weighted by Gasteiger charge is 2.23. The maximum Gasteiger partial charge on any atom is 0.267 e. The number of hydrogen-bond donors (Lipinski definition) is 0. The van der Waals surface area contributed by atoms with E-state index in [0.29, 0.717) is 0 Å². The fourth-order valence-electron chi connectivity index (χ4n) is 0.936. The van der Waals surface area contributed by atoms with Crippen LogP contribution in [0.15, 0.2) is 5.16 Å². The summed E-state index contributed by atoms with van der Waals surface area (Å²) in [4.78, 5) is 0. The predicted octanol–water partition coefficient (Wildman–Crippen LogP) is -0.981. The Bertz CT molecular complexity index is 399. The number of rotatable bonds is 4. The summed E-state index contributed by atoms with van der Waals surface area (Å²) in [6.07, 6.45) is -0.378. The molecule has 80 valence electrons. The Morgan fingerprint density at radius 1 is 1.57 bits per heavy atom. The molecule has 0 aliphatic heterocycles. The van der Waals surface area contributed by atoms with Gasteiger partial charge in [-0.15, -0.1) is 0 Å². The molecular formula is C6H12N4O3S. The third-order valence-electron chi connectivity index (χ3n) is 1.72. The molecule has 0 amide bonds. The summed E-state index contributed by atoms with van der Waals surface area (Å²) < 4.78 is 29.3. The Morgan fingerprint density at radius 2 is 2.21 bits per heavy atom. The van der Waals surface area contributed by atoms with Crippen molar-refractivity contribution < 1.29 is 13.2 Å². The van der Waals surface area contributed by atoms with E-state index < -0.39 is 9.84 Å². The maximum absolute atomic E-state index is 11.6. The predicted molar refractivity (Wildman–Crippen MR) is 47.3 cm³/mol. The zero-order valence-electron chi connectivity index (χ0n) is 8.21. The van der Waals surface area contributed by atoms with E-state index in [9.17, 15) is 8.42 Å². The van der Waals surface area contributed by atoms with Crippen molar-refractivity contribution in [1.82, 2.24) is 20.2 Å². The Balaban J connectivity index is 2.92. The Labute approximate surface area is 82.0 Å². The molecule has 0 aromatic carbocycles. The normalized spacial score (nSPS) is 14.2. The Hall–Kier alpha value is -1.02. The first-order valence-electron chi connectivity index (χ1n) is 3.95. The highest BCUT2D eigenvalue weighted by Crippen LogP contribution is 2.06. The summed E-state index contributed by atoms with van der Waals surface area (Å²) in [6, 6.07) is 0. The van der Waals surface area contributed by atoms with Crippen molar-refractivity contribution in [3.8, 4) is 0 Å². The number of aryl methyl sites for hydroxylation is 1. The Morgan fingerprint density at radius 3 is 2.64 bits per heavy atom. The zero-order chi connectivity index (χ0) is 10.8. The van der Waals surface area contributed by atoms with E-state index in [4.69, 9.17) is 4.74 Å². The average Bonchev–Trinajstić information content (AvgIpc) is 2.51. The van der Waals surface area contributed by atoms with Crippen LogP contribution < -0.4 is 0 Å². The second kappa shape index (κ2) is 4.01. The monoisotopic (exact) mass is 220 g/mol. The Kier molecular flexibility index (Phi) is 3.17. The number of ether oxygens (including phenoxy) is 1.